The molecule has 1 aliphatic heterocycles. The number of hydrogen-bond acceptors (Lipinski definition) is 3. The zero-order valence-electron chi connectivity index (χ0n) is 22.0. The summed E-state index contributed by atoms with van der Waals surface area (Å²) in [6, 6.07) is 25.0. The SMILES string of the molecule is COc1ccc(NC(=S)c2c(-c3ccc(OC)cc3)c3c4n(c(-c5ccc(C)cc5)cn24)CCCC3)cc1. The van der Waals surface area contributed by atoms with Gasteiger partial charge < -0.3 is 19.4 Å². The molecule has 0 amide bonds. The average molecular weight is 522 g/mol. The molecule has 2 aromatic heterocycles. The van der Waals surface area contributed by atoms with Crippen LogP contribution in [0.2, 0.25) is 0 Å². The minimum Gasteiger partial charge on any atom is -0.497 e. The van der Waals surface area contributed by atoms with Crippen molar-refractivity contribution in [3.8, 4) is 33.9 Å². The summed E-state index contributed by atoms with van der Waals surface area (Å²) >= 11 is 6.13. The van der Waals surface area contributed by atoms with Gasteiger partial charge in [0.15, 0.2) is 0 Å². The first-order chi connectivity index (χ1) is 18.6. The fourth-order valence-electron chi connectivity index (χ4n) is 5.50. The quantitative estimate of drug-likeness (QED) is 0.235. The molecule has 1 aliphatic rings. The largest absolute Gasteiger partial charge is 0.497 e. The molecule has 3 aromatic carbocycles. The maximum atomic E-state index is 6.13. The van der Waals surface area contributed by atoms with Crippen LogP contribution < -0.4 is 14.8 Å². The molecule has 6 rings (SSSR count). The lowest BCUT2D eigenvalue weighted by molar-refractivity contribution is 0.415. The maximum absolute atomic E-state index is 6.13. The number of nitrogens with zero attached hydrogens (tertiary/aromatic N) is 2. The highest BCUT2D eigenvalue weighted by atomic mass is 32.1. The molecule has 0 unspecified atom stereocenters. The predicted octanol–water partition coefficient (Wildman–Crippen LogP) is 7.52. The average Bonchev–Trinajstić information content (AvgIpc) is 3.37. The fraction of sp³-hybridized carbons (Fsp3) is 0.219. The van der Waals surface area contributed by atoms with E-state index in [4.69, 9.17) is 21.7 Å². The van der Waals surface area contributed by atoms with Crippen molar-refractivity contribution in [2.24, 2.45) is 0 Å². The number of methoxy groups -OCH3 is 2. The van der Waals surface area contributed by atoms with Gasteiger partial charge in [-0.05, 0) is 73.7 Å². The lowest BCUT2D eigenvalue weighted by Crippen LogP contribution is -2.14. The van der Waals surface area contributed by atoms with Crippen LogP contribution in [-0.2, 0) is 13.0 Å². The molecule has 0 saturated heterocycles. The van der Waals surface area contributed by atoms with Crippen molar-refractivity contribution in [1.29, 1.82) is 0 Å². The molecular weight excluding hydrogens is 490 g/mol. The molecule has 192 valence electrons. The van der Waals surface area contributed by atoms with E-state index in [2.05, 4.69) is 63.8 Å². The van der Waals surface area contributed by atoms with Gasteiger partial charge in [-0.1, -0.05) is 54.2 Å². The van der Waals surface area contributed by atoms with Crippen molar-refractivity contribution >= 4 is 28.5 Å². The Morgan fingerprint density at radius 2 is 1.45 bits per heavy atom. The molecule has 0 radical (unpaired) electrons. The van der Waals surface area contributed by atoms with Gasteiger partial charge in [-0.2, -0.15) is 0 Å². The second kappa shape index (κ2) is 10.0. The number of anilines is 1. The van der Waals surface area contributed by atoms with Crippen LogP contribution in [0.25, 0.3) is 28.0 Å². The van der Waals surface area contributed by atoms with E-state index < -0.39 is 0 Å². The zero-order valence-corrected chi connectivity index (χ0v) is 22.8. The molecule has 0 aliphatic carbocycles. The smallest absolute Gasteiger partial charge is 0.128 e. The van der Waals surface area contributed by atoms with Crippen molar-refractivity contribution in [3.05, 3.63) is 95.8 Å². The lowest BCUT2D eigenvalue weighted by atomic mass is 9.97. The standard InChI is InChI=1S/C32H31N3O2S/c1-21-7-9-22(10-8-21)28-20-35-30(31(38)33-24-13-17-26(37-3)18-14-24)29(23-11-15-25(36-2)16-12-23)27-6-4-5-19-34(28)32(27)35/h7-18,20H,4-6,19H2,1-3H3,(H,33,38). The van der Waals surface area contributed by atoms with Crippen molar-refractivity contribution in [3.63, 3.8) is 0 Å². The lowest BCUT2D eigenvalue weighted by Gasteiger charge is -2.13. The maximum Gasteiger partial charge on any atom is 0.128 e. The van der Waals surface area contributed by atoms with Crippen LogP contribution in [-0.4, -0.2) is 28.2 Å². The Kier molecular flexibility index (Phi) is 6.42. The third kappa shape index (κ3) is 4.25. The highest BCUT2D eigenvalue weighted by molar-refractivity contribution is 7.81. The second-order valence-electron chi connectivity index (χ2n) is 9.80. The minimum absolute atomic E-state index is 0.690. The molecule has 0 bridgehead atoms. The van der Waals surface area contributed by atoms with Gasteiger partial charge >= 0.3 is 0 Å². The summed E-state index contributed by atoms with van der Waals surface area (Å²) in [5, 5.41) is 3.50. The predicted molar refractivity (Wildman–Crippen MR) is 159 cm³/mol. The Labute approximate surface area is 228 Å². The van der Waals surface area contributed by atoms with Crippen molar-refractivity contribution in [2.75, 3.05) is 19.5 Å². The number of benzene rings is 3. The molecule has 38 heavy (non-hydrogen) atoms. The Morgan fingerprint density at radius 1 is 0.816 bits per heavy atom. The van der Waals surface area contributed by atoms with Crippen LogP contribution in [0.5, 0.6) is 11.5 Å². The van der Waals surface area contributed by atoms with Crippen LogP contribution in [0, 0.1) is 6.92 Å². The zero-order chi connectivity index (χ0) is 26.2. The van der Waals surface area contributed by atoms with Crippen LogP contribution in [0.15, 0.2) is 79.0 Å². The topological polar surface area (TPSA) is 39.8 Å². The van der Waals surface area contributed by atoms with E-state index in [0.29, 0.717) is 4.99 Å². The van der Waals surface area contributed by atoms with Gasteiger partial charge in [-0.3, -0.25) is 4.40 Å². The van der Waals surface area contributed by atoms with Crippen LogP contribution in [0.1, 0.15) is 29.7 Å². The molecule has 5 aromatic rings. The van der Waals surface area contributed by atoms with Crippen LogP contribution in [0.3, 0.4) is 0 Å². The number of rotatable bonds is 6. The Bertz CT molecular complexity index is 1610. The van der Waals surface area contributed by atoms with Crippen LogP contribution in [0.4, 0.5) is 5.69 Å². The summed E-state index contributed by atoms with van der Waals surface area (Å²) in [7, 11) is 3.37. The Balaban J connectivity index is 1.56. The molecule has 3 heterocycles. The van der Waals surface area contributed by atoms with Crippen LogP contribution >= 0.6 is 12.2 Å². The van der Waals surface area contributed by atoms with Crippen molar-refractivity contribution in [1.82, 2.24) is 8.97 Å². The first-order valence-corrected chi connectivity index (χ1v) is 13.4. The molecule has 6 heteroatoms. The molecule has 0 fully saturated rings. The Morgan fingerprint density at radius 3 is 2.11 bits per heavy atom. The molecule has 0 spiro atoms. The first-order valence-electron chi connectivity index (χ1n) is 13.0. The van der Waals surface area contributed by atoms with E-state index in [1.165, 1.54) is 33.6 Å². The number of thiocarbonyl (C=S) groups is 1. The summed E-state index contributed by atoms with van der Waals surface area (Å²) in [6.07, 6.45) is 5.55. The Hall–Kier alpha value is -4.03. The van der Waals surface area contributed by atoms with Gasteiger partial charge in [0.2, 0.25) is 0 Å². The minimum atomic E-state index is 0.690. The highest BCUT2D eigenvalue weighted by Crippen LogP contribution is 2.40. The number of ether oxygens (including phenoxy) is 2. The van der Waals surface area contributed by atoms with E-state index in [-0.39, 0.29) is 0 Å². The van der Waals surface area contributed by atoms with E-state index >= 15 is 0 Å². The third-order valence-corrected chi connectivity index (χ3v) is 7.72. The van der Waals surface area contributed by atoms with Gasteiger partial charge in [0.05, 0.1) is 25.6 Å². The molecule has 1 N–H and O–H groups in total. The molecular formula is C32H31N3O2S. The summed E-state index contributed by atoms with van der Waals surface area (Å²) in [6.45, 7) is 3.11. The van der Waals surface area contributed by atoms with E-state index in [0.717, 1.165) is 54.3 Å². The highest BCUT2D eigenvalue weighted by Gasteiger charge is 2.28. The van der Waals surface area contributed by atoms with E-state index in [9.17, 15) is 0 Å². The first kappa shape index (κ1) is 24.3. The summed E-state index contributed by atoms with van der Waals surface area (Å²) in [5.74, 6) is 1.66. The van der Waals surface area contributed by atoms with E-state index in [1.54, 1.807) is 14.2 Å². The number of aromatic nitrogens is 2. The van der Waals surface area contributed by atoms with E-state index in [1.807, 2.05) is 36.4 Å². The molecule has 5 nitrogen and oxygen atoms in total. The summed E-state index contributed by atoms with van der Waals surface area (Å²) < 4.78 is 15.6. The van der Waals surface area contributed by atoms with Gasteiger partial charge in [-0.25, -0.2) is 0 Å². The monoisotopic (exact) mass is 521 g/mol. The second-order valence-corrected chi connectivity index (χ2v) is 10.2. The molecule has 0 saturated carbocycles. The van der Waals surface area contributed by atoms with Crippen molar-refractivity contribution < 1.29 is 9.47 Å². The van der Waals surface area contributed by atoms with Gasteiger partial charge in [0, 0.05) is 29.6 Å². The number of aryl methyl sites for hydroxylation is 3. The fourth-order valence-corrected chi connectivity index (χ4v) is 5.82. The molecule has 0 atom stereocenters. The number of imidazole rings is 1. The summed E-state index contributed by atoms with van der Waals surface area (Å²) in [5.41, 5.74) is 10.6. The van der Waals surface area contributed by atoms with Gasteiger partial charge in [0.25, 0.3) is 0 Å². The van der Waals surface area contributed by atoms with Gasteiger partial charge in [-0.15, -0.1) is 0 Å². The van der Waals surface area contributed by atoms with Gasteiger partial charge in [0.1, 0.15) is 22.1 Å². The number of nitrogens with one attached hydrogen (secondary N) is 1. The van der Waals surface area contributed by atoms with Crippen molar-refractivity contribution in [2.45, 2.75) is 32.7 Å². The number of hydrogen-bond donors (Lipinski definition) is 1. The normalized spacial score (nSPS) is 12.8. The summed E-state index contributed by atoms with van der Waals surface area (Å²) in [4.78, 5) is 0.690. The third-order valence-electron chi connectivity index (χ3n) is 7.42.